The van der Waals surface area contributed by atoms with Gasteiger partial charge in [-0.2, -0.15) is 0 Å². The Hall–Kier alpha value is -2.14. The minimum absolute atomic E-state index is 0.0325. The van der Waals surface area contributed by atoms with Gasteiger partial charge in [0.05, 0.1) is 5.60 Å². The van der Waals surface area contributed by atoms with Crippen LogP contribution in [0.2, 0.25) is 0 Å². The normalized spacial score (nSPS) is 13.4. The van der Waals surface area contributed by atoms with Gasteiger partial charge < -0.3 is 19.6 Å². The van der Waals surface area contributed by atoms with E-state index in [1.54, 1.807) is 0 Å². The molecule has 0 aliphatic carbocycles. The van der Waals surface area contributed by atoms with Gasteiger partial charge in [-0.05, 0) is 77.8 Å². The largest absolute Gasteiger partial charge is 0.507 e. The number of rotatable bonds is 6. The van der Waals surface area contributed by atoms with Gasteiger partial charge in [0.2, 0.25) is 0 Å². The molecule has 2 aromatic rings. The number of hydrogen-bond acceptors (Lipinski definition) is 5. The van der Waals surface area contributed by atoms with Crippen LogP contribution in [0.1, 0.15) is 112 Å². The maximum Gasteiger partial charge on any atom is 0.394 e. The molecule has 2 aromatic carbocycles. The van der Waals surface area contributed by atoms with Crippen LogP contribution in [0.25, 0.3) is 0 Å². The summed E-state index contributed by atoms with van der Waals surface area (Å²) in [6, 6.07) is 11.7. The Labute approximate surface area is 231 Å². The van der Waals surface area contributed by atoms with Gasteiger partial charge in [0.1, 0.15) is 11.5 Å². The van der Waals surface area contributed by atoms with Crippen molar-refractivity contribution < 1.29 is 28.9 Å². The van der Waals surface area contributed by atoms with Crippen molar-refractivity contribution in [2.45, 2.75) is 118 Å². The van der Waals surface area contributed by atoms with E-state index in [9.17, 15) is 14.8 Å². The average molecular weight is 549 g/mol. The van der Waals surface area contributed by atoms with Crippen LogP contribution in [0.3, 0.4) is 0 Å². The number of phenols is 1. The Morgan fingerprint density at radius 3 is 1.68 bits per heavy atom. The van der Waals surface area contributed by atoms with Crippen molar-refractivity contribution >= 4 is 14.6 Å². The molecule has 0 fully saturated rings. The number of benzene rings is 2. The molecular weight excluding hydrogens is 499 g/mol. The zero-order valence-corrected chi connectivity index (χ0v) is 26.3. The number of aliphatic carboxylic acids is 1. The van der Waals surface area contributed by atoms with Crippen LogP contribution < -0.4 is 4.52 Å². The maximum absolute atomic E-state index is 10.8. The van der Waals surface area contributed by atoms with Gasteiger partial charge in [-0.3, -0.25) is 9.32 Å². The number of aromatic hydroxyl groups is 1. The molecule has 214 valence electrons. The standard InChI is InChI=1S/C17H26O3.C14H23O3P/c1-16(2,3)12-9-11(7-8-14(18)19)15(20)13(10-12)17(4,5)6;1-13(2,3)11-7-9-12(10-8-11)16-18(15)17-14(4,5)6/h9-10,20H,7-8H2,1-6H3,(H,18,19);7-10,15H,1-6H3. The van der Waals surface area contributed by atoms with E-state index in [0.717, 1.165) is 16.7 Å². The molecule has 0 saturated heterocycles. The number of carboxylic acid groups (broad SMARTS) is 1. The third-order valence-electron chi connectivity index (χ3n) is 5.73. The van der Waals surface area contributed by atoms with Gasteiger partial charge in [-0.15, -0.1) is 0 Å². The second-order valence-corrected chi connectivity index (χ2v) is 14.6. The fraction of sp³-hybridized carbons (Fsp3) is 0.581. The lowest BCUT2D eigenvalue weighted by molar-refractivity contribution is -0.136. The molecule has 0 spiro atoms. The van der Waals surface area contributed by atoms with E-state index >= 15 is 0 Å². The van der Waals surface area contributed by atoms with Crippen LogP contribution in [0.5, 0.6) is 11.5 Å². The second kappa shape index (κ2) is 12.8. The van der Waals surface area contributed by atoms with E-state index < -0.39 is 20.2 Å². The molecule has 0 bridgehead atoms. The molecule has 0 aromatic heterocycles. The summed E-state index contributed by atoms with van der Waals surface area (Å²) in [4.78, 5) is 20.5. The Kier molecular flexibility index (Phi) is 11.4. The number of phenolic OH excluding ortho intramolecular Hbond substituents is 1. The third kappa shape index (κ3) is 11.7. The van der Waals surface area contributed by atoms with E-state index in [1.807, 2.05) is 57.2 Å². The molecule has 6 nitrogen and oxygen atoms in total. The smallest absolute Gasteiger partial charge is 0.394 e. The number of hydrogen-bond donors (Lipinski definition) is 3. The van der Waals surface area contributed by atoms with Gasteiger partial charge in [0.25, 0.3) is 0 Å². The van der Waals surface area contributed by atoms with E-state index in [1.165, 1.54) is 5.56 Å². The Bertz CT molecular complexity index is 1050. The minimum atomic E-state index is -1.88. The topological polar surface area (TPSA) is 96.2 Å². The molecule has 0 saturated carbocycles. The third-order valence-corrected chi connectivity index (χ3v) is 6.80. The first-order chi connectivity index (χ1) is 17.0. The first-order valence-electron chi connectivity index (χ1n) is 13.1. The molecular formula is C31H49O6P. The van der Waals surface area contributed by atoms with Gasteiger partial charge in [0.15, 0.2) is 0 Å². The Morgan fingerprint density at radius 2 is 1.29 bits per heavy atom. The summed E-state index contributed by atoms with van der Waals surface area (Å²) in [6.45, 7) is 24.6. The molecule has 3 N–H and O–H groups in total. The summed E-state index contributed by atoms with van der Waals surface area (Å²) in [6.07, 6.45) is 0.388. The Balaban J connectivity index is 0.000000382. The predicted molar refractivity (Wildman–Crippen MR) is 157 cm³/mol. The van der Waals surface area contributed by atoms with E-state index in [0.29, 0.717) is 12.2 Å². The first-order valence-corrected chi connectivity index (χ1v) is 14.2. The van der Waals surface area contributed by atoms with E-state index in [-0.39, 0.29) is 28.4 Å². The highest BCUT2D eigenvalue weighted by Crippen LogP contribution is 2.40. The molecule has 0 radical (unpaired) electrons. The Morgan fingerprint density at radius 1 is 0.789 bits per heavy atom. The molecule has 2 rings (SSSR count). The average Bonchev–Trinajstić information content (AvgIpc) is 2.70. The minimum Gasteiger partial charge on any atom is -0.507 e. The zero-order chi connectivity index (χ0) is 29.7. The van der Waals surface area contributed by atoms with Crippen molar-refractivity contribution in [1.29, 1.82) is 0 Å². The molecule has 0 aliphatic heterocycles. The highest BCUT2D eigenvalue weighted by atomic mass is 31.2. The fourth-order valence-corrected chi connectivity index (χ4v) is 4.30. The second-order valence-electron chi connectivity index (χ2n) is 13.7. The summed E-state index contributed by atoms with van der Waals surface area (Å²) in [5.41, 5.74) is 3.45. The first kappa shape index (κ1) is 33.9. The van der Waals surface area contributed by atoms with Gasteiger partial charge in [-0.1, -0.05) is 86.6 Å². The predicted octanol–water partition coefficient (Wildman–Crippen LogP) is 8.40. The summed E-state index contributed by atoms with van der Waals surface area (Å²) >= 11 is 0. The van der Waals surface area contributed by atoms with Crippen molar-refractivity contribution in [2.24, 2.45) is 0 Å². The van der Waals surface area contributed by atoms with Crippen LogP contribution in [0.15, 0.2) is 36.4 Å². The number of carboxylic acids is 1. The molecule has 1 atom stereocenters. The van der Waals surface area contributed by atoms with E-state index in [4.69, 9.17) is 14.2 Å². The summed E-state index contributed by atoms with van der Waals surface area (Å²) in [5, 5.41) is 19.3. The highest BCUT2D eigenvalue weighted by molar-refractivity contribution is 7.41. The molecule has 7 heteroatoms. The van der Waals surface area contributed by atoms with Crippen LogP contribution in [0.4, 0.5) is 0 Å². The zero-order valence-electron chi connectivity index (χ0n) is 25.4. The fourth-order valence-electron chi connectivity index (χ4n) is 3.49. The SMILES string of the molecule is CC(C)(C)OP(O)Oc1ccc(C(C)(C)C)cc1.CC(C)(C)c1cc(CCC(=O)O)c(O)c(C(C)(C)C)c1. The molecule has 0 amide bonds. The lowest BCUT2D eigenvalue weighted by atomic mass is 9.78. The lowest BCUT2D eigenvalue weighted by Crippen LogP contribution is -2.17. The molecule has 0 heterocycles. The summed E-state index contributed by atoms with van der Waals surface area (Å²) < 4.78 is 10.7. The highest BCUT2D eigenvalue weighted by Gasteiger charge is 2.25. The summed E-state index contributed by atoms with van der Waals surface area (Å²) in [7, 11) is -1.88. The van der Waals surface area contributed by atoms with Crippen molar-refractivity contribution in [3.63, 3.8) is 0 Å². The number of aryl methyl sites for hydroxylation is 1. The van der Waals surface area contributed by atoms with Gasteiger partial charge in [0, 0.05) is 6.42 Å². The van der Waals surface area contributed by atoms with Crippen molar-refractivity contribution in [3.8, 4) is 11.5 Å². The van der Waals surface area contributed by atoms with Gasteiger partial charge in [-0.25, -0.2) is 0 Å². The quantitative estimate of drug-likeness (QED) is 0.314. The summed E-state index contributed by atoms with van der Waals surface area (Å²) in [5.74, 6) is 0.0236. The van der Waals surface area contributed by atoms with Crippen molar-refractivity contribution in [1.82, 2.24) is 0 Å². The monoisotopic (exact) mass is 548 g/mol. The lowest BCUT2D eigenvalue weighted by Gasteiger charge is -2.27. The maximum atomic E-state index is 10.8. The molecule has 1 unspecified atom stereocenters. The van der Waals surface area contributed by atoms with Crippen LogP contribution in [-0.2, 0) is 32.0 Å². The van der Waals surface area contributed by atoms with Gasteiger partial charge >= 0.3 is 14.6 Å². The van der Waals surface area contributed by atoms with Crippen LogP contribution in [0, 0.1) is 0 Å². The van der Waals surface area contributed by atoms with Crippen molar-refractivity contribution in [3.05, 3.63) is 58.7 Å². The van der Waals surface area contributed by atoms with Crippen LogP contribution in [-0.4, -0.2) is 26.7 Å². The van der Waals surface area contributed by atoms with Crippen LogP contribution >= 0.6 is 8.60 Å². The van der Waals surface area contributed by atoms with Crippen molar-refractivity contribution in [2.75, 3.05) is 0 Å². The number of carbonyl (C=O) groups is 1. The molecule has 38 heavy (non-hydrogen) atoms. The molecule has 0 aliphatic rings. The van der Waals surface area contributed by atoms with E-state index in [2.05, 4.69) is 62.3 Å².